The van der Waals surface area contributed by atoms with E-state index in [0.717, 1.165) is 58.4 Å². The lowest BCUT2D eigenvalue weighted by atomic mass is 9.88. The van der Waals surface area contributed by atoms with Crippen molar-refractivity contribution in [3.05, 3.63) is 65.7 Å². The Hall–Kier alpha value is -2.55. The molecular formula is C28H38F2N4O2. The third-order valence-electron chi connectivity index (χ3n) is 7.29. The molecule has 2 heterocycles. The van der Waals surface area contributed by atoms with Gasteiger partial charge in [-0.15, -0.1) is 0 Å². The predicted octanol–water partition coefficient (Wildman–Crippen LogP) is 4.11. The summed E-state index contributed by atoms with van der Waals surface area (Å²) in [7, 11) is 0. The zero-order chi connectivity index (χ0) is 25.5. The van der Waals surface area contributed by atoms with E-state index in [2.05, 4.69) is 20.4 Å². The average molecular weight is 501 g/mol. The number of carbonyl (C=O) groups excluding carboxylic acids is 1. The largest absolute Gasteiger partial charge is 0.392 e. The maximum absolute atomic E-state index is 13.3. The van der Waals surface area contributed by atoms with Crippen molar-refractivity contribution in [1.29, 1.82) is 0 Å². The lowest BCUT2D eigenvalue weighted by molar-refractivity contribution is 0.0581. The van der Waals surface area contributed by atoms with Crippen molar-refractivity contribution in [2.45, 2.75) is 44.8 Å². The van der Waals surface area contributed by atoms with Gasteiger partial charge in [0.15, 0.2) is 0 Å². The van der Waals surface area contributed by atoms with Gasteiger partial charge in [0.05, 0.1) is 6.10 Å². The standard InChI is InChI=1S/C28H38F2N4O2/c1-20(35)16-34-14-12-27(32-28(36)31-26-10-8-25(30)9-11-26)23(19-34)18-33-13-2-3-22(17-33)15-21-4-6-24(29)7-5-21/h4-11,20,22-23,27,35H,2-3,12-19H2,1H3,(H2,31,32,36)/t20?,22-,23-,27+/m0/s1. The normalized spacial score (nSPS) is 24.3. The molecule has 2 aliphatic heterocycles. The van der Waals surface area contributed by atoms with Gasteiger partial charge in [-0.3, -0.25) is 0 Å². The number of β-amino-alcohol motifs (C(OH)–C–C–N with tert-alkyl or cyclic N) is 1. The van der Waals surface area contributed by atoms with Crippen molar-refractivity contribution < 1.29 is 18.7 Å². The van der Waals surface area contributed by atoms with Crippen molar-refractivity contribution in [3.8, 4) is 0 Å². The van der Waals surface area contributed by atoms with Crippen LogP contribution in [0, 0.1) is 23.5 Å². The number of benzene rings is 2. The minimum Gasteiger partial charge on any atom is -0.392 e. The Morgan fingerprint density at radius 1 is 1.00 bits per heavy atom. The van der Waals surface area contributed by atoms with Gasteiger partial charge in [-0.2, -0.15) is 0 Å². The number of nitrogens with one attached hydrogen (secondary N) is 2. The van der Waals surface area contributed by atoms with Crippen LogP contribution in [-0.2, 0) is 6.42 Å². The van der Waals surface area contributed by atoms with Crippen LogP contribution in [0.4, 0.5) is 19.3 Å². The molecule has 4 rings (SSSR count). The highest BCUT2D eigenvalue weighted by atomic mass is 19.1. The van der Waals surface area contributed by atoms with Gasteiger partial charge in [0.1, 0.15) is 11.6 Å². The number of hydrogen-bond donors (Lipinski definition) is 3. The van der Waals surface area contributed by atoms with E-state index in [1.165, 1.54) is 29.8 Å². The fourth-order valence-electron chi connectivity index (χ4n) is 5.66. The second-order valence-electron chi connectivity index (χ2n) is 10.5. The number of piperidine rings is 2. The molecule has 0 saturated carbocycles. The summed E-state index contributed by atoms with van der Waals surface area (Å²) in [4.78, 5) is 17.5. The maximum atomic E-state index is 13.3. The molecule has 2 aliphatic rings. The Bertz CT molecular complexity index is 971. The Balaban J connectivity index is 1.36. The molecule has 2 aromatic rings. The molecule has 8 heteroatoms. The van der Waals surface area contributed by atoms with Crippen LogP contribution in [0.15, 0.2) is 48.5 Å². The van der Waals surface area contributed by atoms with Crippen molar-refractivity contribution in [3.63, 3.8) is 0 Å². The summed E-state index contributed by atoms with van der Waals surface area (Å²) >= 11 is 0. The van der Waals surface area contributed by atoms with Gasteiger partial charge in [-0.1, -0.05) is 12.1 Å². The molecule has 196 valence electrons. The highest BCUT2D eigenvalue weighted by Gasteiger charge is 2.33. The molecule has 2 fully saturated rings. The Labute approximate surface area is 212 Å². The molecule has 1 unspecified atom stereocenters. The van der Waals surface area contributed by atoms with Crippen LogP contribution in [0.3, 0.4) is 0 Å². The fraction of sp³-hybridized carbons (Fsp3) is 0.536. The Kier molecular flexibility index (Phi) is 9.29. The summed E-state index contributed by atoms with van der Waals surface area (Å²) in [5.74, 6) is 0.200. The van der Waals surface area contributed by atoms with E-state index in [1.54, 1.807) is 19.1 Å². The minimum absolute atomic E-state index is 0.00757. The summed E-state index contributed by atoms with van der Waals surface area (Å²) in [6.07, 6.45) is 3.64. The van der Waals surface area contributed by atoms with Gasteiger partial charge in [0.25, 0.3) is 0 Å². The third-order valence-corrected chi connectivity index (χ3v) is 7.29. The summed E-state index contributed by atoms with van der Waals surface area (Å²) in [6.45, 7) is 6.94. The number of likely N-dealkylation sites (tertiary alicyclic amines) is 2. The molecule has 6 nitrogen and oxygen atoms in total. The highest BCUT2D eigenvalue weighted by Crippen LogP contribution is 2.25. The SMILES string of the molecule is CC(O)CN1CC[C@@H](NC(=O)Nc2ccc(F)cc2)[C@@H](CN2CCC[C@@H](Cc3ccc(F)cc3)C2)C1. The molecule has 0 spiro atoms. The van der Waals surface area contributed by atoms with E-state index in [4.69, 9.17) is 0 Å². The number of urea groups is 1. The summed E-state index contributed by atoms with van der Waals surface area (Å²) in [5, 5.41) is 15.9. The average Bonchev–Trinajstić information content (AvgIpc) is 2.84. The molecule has 0 aliphatic carbocycles. The molecule has 0 aromatic heterocycles. The van der Waals surface area contributed by atoms with Crippen LogP contribution >= 0.6 is 0 Å². The molecule has 4 atom stereocenters. The van der Waals surface area contributed by atoms with Crippen molar-refractivity contribution in [2.24, 2.45) is 11.8 Å². The lowest BCUT2D eigenvalue weighted by Gasteiger charge is -2.43. The number of hydrogen-bond acceptors (Lipinski definition) is 4. The maximum Gasteiger partial charge on any atom is 0.319 e. The first kappa shape index (κ1) is 26.5. The monoisotopic (exact) mass is 500 g/mol. The molecule has 0 radical (unpaired) electrons. The zero-order valence-electron chi connectivity index (χ0n) is 21.0. The Morgan fingerprint density at radius 2 is 1.69 bits per heavy atom. The zero-order valence-corrected chi connectivity index (χ0v) is 21.0. The van der Waals surface area contributed by atoms with E-state index in [-0.39, 0.29) is 29.6 Å². The second kappa shape index (κ2) is 12.6. The van der Waals surface area contributed by atoms with E-state index in [1.807, 2.05) is 12.1 Å². The third kappa shape index (κ3) is 7.98. The van der Waals surface area contributed by atoms with Gasteiger partial charge < -0.3 is 25.5 Å². The van der Waals surface area contributed by atoms with Gasteiger partial charge in [-0.25, -0.2) is 13.6 Å². The van der Waals surface area contributed by atoms with Crippen molar-refractivity contribution >= 4 is 11.7 Å². The first-order valence-electron chi connectivity index (χ1n) is 13.0. The van der Waals surface area contributed by atoms with E-state index in [0.29, 0.717) is 18.2 Å². The topological polar surface area (TPSA) is 67.8 Å². The first-order valence-corrected chi connectivity index (χ1v) is 13.0. The number of aliphatic hydroxyl groups excluding tert-OH is 1. The van der Waals surface area contributed by atoms with Crippen LogP contribution in [0.2, 0.25) is 0 Å². The van der Waals surface area contributed by atoms with Gasteiger partial charge in [0, 0.05) is 50.4 Å². The van der Waals surface area contributed by atoms with E-state index in [9.17, 15) is 18.7 Å². The molecule has 3 N–H and O–H groups in total. The smallest absolute Gasteiger partial charge is 0.319 e. The van der Waals surface area contributed by atoms with Crippen molar-refractivity contribution in [1.82, 2.24) is 15.1 Å². The first-order chi connectivity index (χ1) is 17.3. The highest BCUT2D eigenvalue weighted by molar-refractivity contribution is 5.89. The molecule has 0 bridgehead atoms. The van der Waals surface area contributed by atoms with Crippen LogP contribution < -0.4 is 10.6 Å². The lowest BCUT2D eigenvalue weighted by Crippen LogP contribution is -2.56. The quantitative estimate of drug-likeness (QED) is 0.510. The number of nitrogens with zero attached hydrogens (tertiary/aromatic N) is 2. The van der Waals surface area contributed by atoms with Crippen LogP contribution in [0.5, 0.6) is 0 Å². The summed E-state index contributed by atoms with van der Waals surface area (Å²) in [6, 6.07) is 12.3. The van der Waals surface area contributed by atoms with Crippen LogP contribution in [0.25, 0.3) is 0 Å². The summed E-state index contributed by atoms with van der Waals surface area (Å²) < 4.78 is 26.5. The van der Waals surface area contributed by atoms with Crippen LogP contribution in [-0.4, -0.2) is 72.4 Å². The number of anilines is 1. The van der Waals surface area contributed by atoms with Gasteiger partial charge >= 0.3 is 6.03 Å². The van der Waals surface area contributed by atoms with E-state index >= 15 is 0 Å². The van der Waals surface area contributed by atoms with Crippen LogP contribution in [0.1, 0.15) is 31.7 Å². The fourth-order valence-corrected chi connectivity index (χ4v) is 5.66. The van der Waals surface area contributed by atoms with Crippen molar-refractivity contribution in [2.75, 3.05) is 44.6 Å². The number of amides is 2. The number of halogens is 2. The Morgan fingerprint density at radius 3 is 2.39 bits per heavy atom. The molecular weight excluding hydrogens is 462 g/mol. The number of aliphatic hydroxyl groups is 1. The molecule has 2 saturated heterocycles. The minimum atomic E-state index is -0.396. The second-order valence-corrected chi connectivity index (χ2v) is 10.5. The van der Waals surface area contributed by atoms with E-state index < -0.39 is 6.10 Å². The molecule has 36 heavy (non-hydrogen) atoms. The summed E-state index contributed by atoms with van der Waals surface area (Å²) in [5.41, 5.74) is 1.72. The molecule has 2 amide bonds. The number of carbonyl (C=O) groups is 1. The molecule has 2 aromatic carbocycles. The number of rotatable bonds is 8. The van der Waals surface area contributed by atoms with Gasteiger partial charge in [0.2, 0.25) is 0 Å². The predicted molar refractivity (Wildman–Crippen MR) is 138 cm³/mol. The van der Waals surface area contributed by atoms with Gasteiger partial charge in [-0.05, 0) is 87.0 Å².